The Labute approximate surface area is 179 Å². The molecule has 1 atom stereocenters. The van der Waals surface area contributed by atoms with Gasteiger partial charge in [-0.3, -0.25) is 14.5 Å². The van der Waals surface area contributed by atoms with E-state index < -0.39 is 16.6 Å². The molecule has 3 heterocycles. The molecule has 2 N–H and O–H groups in total. The molecular formula is C19H16ClF3N4O2S. The fourth-order valence-corrected chi connectivity index (χ4v) is 5.18. The maximum atomic E-state index is 13.0. The highest BCUT2D eigenvalue weighted by Crippen LogP contribution is 2.55. The molecule has 0 saturated carbocycles. The predicted octanol–water partition coefficient (Wildman–Crippen LogP) is 3.91. The number of para-hydroxylation sites is 1. The van der Waals surface area contributed by atoms with Crippen LogP contribution in [0.5, 0.6) is 0 Å². The molecule has 4 rings (SSSR count). The molecule has 0 unspecified atom stereocenters. The van der Waals surface area contributed by atoms with Crippen LogP contribution in [0.15, 0.2) is 41.4 Å². The lowest BCUT2D eigenvalue weighted by molar-refractivity contribution is -0.137. The Morgan fingerprint density at radius 2 is 2.07 bits per heavy atom. The van der Waals surface area contributed by atoms with E-state index in [9.17, 15) is 22.8 Å². The molecule has 2 aliphatic rings. The minimum Gasteiger partial charge on any atom is -0.367 e. The van der Waals surface area contributed by atoms with E-state index in [0.717, 1.165) is 16.6 Å². The summed E-state index contributed by atoms with van der Waals surface area (Å²) in [7, 11) is 0. The SMILES string of the molecule is O=C1CC[C@@]2(C(=O)NCCNc3ncc(C(F)(F)F)cc3Cl)Sc3ccccc3N12. The summed E-state index contributed by atoms with van der Waals surface area (Å²) in [5.74, 6) is -0.290. The lowest BCUT2D eigenvalue weighted by atomic mass is 10.2. The summed E-state index contributed by atoms with van der Waals surface area (Å²) in [5, 5.41) is 5.45. The highest BCUT2D eigenvalue weighted by Gasteiger charge is 2.57. The van der Waals surface area contributed by atoms with Gasteiger partial charge >= 0.3 is 6.18 Å². The van der Waals surface area contributed by atoms with E-state index in [2.05, 4.69) is 15.6 Å². The van der Waals surface area contributed by atoms with Crippen molar-refractivity contribution in [1.29, 1.82) is 0 Å². The summed E-state index contributed by atoms with van der Waals surface area (Å²) in [6.45, 7) is 0.379. The molecule has 0 aliphatic carbocycles. The number of benzene rings is 1. The highest BCUT2D eigenvalue weighted by atomic mass is 35.5. The number of alkyl halides is 3. The van der Waals surface area contributed by atoms with Crippen molar-refractivity contribution in [2.75, 3.05) is 23.3 Å². The number of anilines is 2. The molecule has 11 heteroatoms. The topological polar surface area (TPSA) is 74.3 Å². The second kappa shape index (κ2) is 7.66. The number of pyridine rings is 1. The summed E-state index contributed by atoms with van der Waals surface area (Å²) < 4.78 is 38.0. The summed E-state index contributed by atoms with van der Waals surface area (Å²) in [4.78, 5) is 30.5. The normalized spacial score (nSPS) is 20.1. The number of rotatable bonds is 5. The third-order valence-corrected chi connectivity index (χ3v) is 6.66. The molecule has 0 spiro atoms. The standard InChI is InChI=1S/C19H16ClF3N4O2S/c20-12-9-11(19(21,22)23)10-26-16(12)24-7-8-25-17(29)18-6-5-15(28)27(18)13-3-1-2-4-14(13)30-18/h1-4,9-10H,5-8H2,(H,24,26)(H,25,29)/t18-/m0/s1. The van der Waals surface area contributed by atoms with Crippen LogP contribution in [0.25, 0.3) is 0 Å². The van der Waals surface area contributed by atoms with E-state index >= 15 is 0 Å². The quantitative estimate of drug-likeness (QED) is 0.667. The van der Waals surface area contributed by atoms with Crippen molar-refractivity contribution < 1.29 is 22.8 Å². The fraction of sp³-hybridized carbons (Fsp3) is 0.316. The molecule has 2 aromatic rings. The van der Waals surface area contributed by atoms with Gasteiger partial charge < -0.3 is 10.6 Å². The van der Waals surface area contributed by atoms with Crippen LogP contribution in [0.2, 0.25) is 5.02 Å². The number of halogens is 4. The smallest absolute Gasteiger partial charge is 0.367 e. The van der Waals surface area contributed by atoms with Crippen molar-refractivity contribution in [2.24, 2.45) is 0 Å². The lowest BCUT2D eigenvalue weighted by Crippen LogP contribution is -2.53. The average Bonchev–Trinajstić information content (AvgIpc) is 3.21. The number of amides is 2. The van der Waals surface area contributed by atoms with E-state index in [0.29, 0.717) is 12.6 Å². The lowest BCUT2D eigenvalue weighted by Gasteiger charge is -2.29. The first-order valence-corrected chi connectivity index (χ1v) is 10.3. The zero-order valence-electron chi connectivity index (χ0n) is 15.4. The van der Waals surface area contributed by atoms with Crippen LogP contribution in [0.4, 0.5) is 24.7 Å². The summed E-state index contributed by atoms with van der Waals surface area (Å²) in [6.07, 6.45) is -3.14. The molecule has 1 aromatic heterocycles. The number of aromatic nitrogens is 1. The maximum absolute atomic E-state index is 13.0. The van der Waals surface area contributed by atoms with Crippen molar-refractivity contribution in [3.8, 4) is 0 Å². The van der Waals surface area contributed by atoms with Gasteiger partial charge in [-0.05, 0) is 24.6 Å². The van der Waals surface area contributed by atoms with Crippen molar-refractivity contribution in [1.82, 2.24) is 10.3 Å². The van der Waals surface area contributed by atoms with Gasteiger partial charge in [-0.2, -0.15) is 13.2 Å². The first kappa shape index (κ1) is 20.8. The number of thioether (sulfide) groups is 1. The number of carbonyl (C=O) groups is 2. The minimum absolute atomic E-state index is 0.0948. The Bertz CT molecular complexity index is 1020. The van der Waals surface area contributed by atoms with Crippen LogP contribution < -0.4 is 15.5 Å². The zero-order chi connectivity index (χ0) is 21.5. The van der Waals surface area contributed by atoms with Crippen molar-refractivity contribution in [3.63, 3.8) is 0 Å². The molecule has 1 fully saturated rings. The Balaban J connectivity index is 1.37. The van der Waals surface area contributed by atoms with Gasteiger partial charge in [0.1, 0.15) is 5.82 Å². The van der Waals surface area contributed by atoms with E-state index in [-0.39, 0.29) is 42.2 Å². The molecule has 6 nitrogen and oxygen atoms in total. The summed E-state index contributed by atoms with van der Waals surface area (Å²) in [5.41, 5.74) is -0.201. The third-order valence-electron chi connectivity index (χ3n) is 4.90. The molecule has 30 heavy (non-hydrogen) atoms. The van der Waals surface area contributed by atoms with E-state index in [1.165, 1.54) is 11.8 Å². The van der Waals surface area contributed by atoms with E-state index in [1.807, 2.05) is 24.3 Å². The molecule has 1 aromatic carbocycles. The van der Waals surface area contributed by atoms with Crippen molar-refractivity contribution >= 4 is 46.7 Å². The van der Waals surface area contributed by atoms with Crippen LogP contribution in [-0.2, 0) is 15.8 Å². The second-order valence-electron chi connectivity index (χ2n) is 6.82. The van der Waals surface area contributed by atoms with Gasteiger partial charge in [0, 0.05) is 30.6 Å². The first-order valence-electron chi connectivity index (χ1n) is 9.08. The average molecular weight is 457 g/mol. The van der Waals surface area contributed by atoms with Crippen LogP contribution in [0.3, 0.4) is 0 Å². The van der Waals surface area contributed by atoms with Crippen LogP contribution >= 0.6 is 23.4 Å². The largest absolute Gasteiger partial charge is 0.417 e. The van der Waals surface area contributed by atoms with E-state index in [4.69, 9.17) is 11.6 Å². The van der Waals surface area contributed by atoms with Gasteiger partial charge in [0.25, 0.3) is 5.91 Å². The zero-order valence-corrected chi connectivity index (χ0v) is 17.0. The highest BCUT2D eigenvalue weighted by molar-refractivity contribution is 8.02. The number of hydrogen-bond acceptors (Lipinski definition) is 5. The molecule has 158 valence electrons. The Morgan fingerprint density at radius 1 is 1.30 bits per heavy atom. The van der Waals surface area contributed by atoms with Gasteiger partial charge in [-0.25, -0.2) is 4.98 Å². The second-order valence-corrected chi connectivity index (χ2v) is 8.54. The van der Waals surface area contributed by atoms with Gasteiger partial charge in [0.05, 0.1) is 16.3 Å². The molecular weight excluding hydrogens is 441 g/mol. The molecule has 2 amide bonds. The molecule has 0 bridgehead atoms. The number of nitrogens with one attached hydrogen (secondary N) is 2. The number of nitrogens with zero attached hydrogens (tertiary/aromatic N) is 2. The monoisotopic (exact) mass is 456 g/mol. The Morgan fingerprint density at radius 3 is 2.80 bits per heavy atom. The molecule has 0 radical (unpaired) electrons. The Hall–Kier alpha value is -2.46. The number of fused-ring (bicyclic) bond motifs is 3. The molecule has 1 saturated heterocycles. The van der Waals surface area contributed by atoms with Crippen molar-refractivity contribution in [3.05, 3.63) is 47.1 Å². The van der Waals surface area contributed by atoms with Gasteiger partial charge in [0.15, 0.2) is 4.87 Å². The third kappa shape index (κ3) is 3.58. The minimum atomic E-state index is -4.52. The van der Waals surface area contributed by atoms with Crippen LogP contribution in [0, 0.1) is 0 Å². The number of hydrogen-bond donors (Lipinski definition) is 2. The Kier molecular flexibility index (Phi) is 5.31. The van der Waals surface area contributed by atoms with Gasteiger partial charge in [-0.15, -0.1) is 0 Å². The summed E-state index contributed by atoms with van der Waals surface area (Å²) in [6, 6.07) is 8.17. The van der Waals surface area contributed by atoms with Gasteiger partial charge in [-0.1, -0.05) is 35.5 Å². The van der Waals surface area contributed by atoms with E-state index in [1.54, 1.807) is 4.90 Å². The predicted molar refractivity (Wildman–Crippen MR) is 107 cm³/mol. The maximum Gasteiger partial charge on any atom is 0.417 e. The van der Waals surface area contributed by atoms with Crippen LogP contribution in [-0.4, -0.2) is 34.8 Å². The summed E-state index contributed by atoms with van der Waals surface area (Å²) >= 11 is 7.22. The van der Waals surface area contributed by atoms with Crippen molar-refractivity contribution in [2.45, 2.75) is 28.8 Å². The number of carbonyl (C=O) groups excluding carboxylic acids is 2. The van der Waals surface area contributed by atoms with Gasteiger partial charge in [0.2, 0.25) is 5.91 Å². The fourth-order valence-electron chi connectivity index (χ4n) is 3.52. The molecule has 2 aliphatic heterocycles. The van der Waals surface area contributed by atoms with Crippen LogP contribution in [0.1, 0.15) is 18.4 Å². The first-order chi connectivity index (χ1) is 14.2.